The van der Waals surface area contributed by atoms with Crippen LogP contribution in [0, 0.1) is 6.92 Å². The lowest BCUT2D eigenvalue weighted by molar-refractivity contribution is -0.123. The summed E-state index contributed by atoms with van der Waals surface area (Å²) in [5, 5.41) is 3.16. The number of benzene rings is 1. The molecule has 3 N–H and O–H groups in total. The number of nitrogens with two attached hydrogens (primary N) is 1. The van der Waals surface area contributed by atoms with Gasteiger partial charge in [0.1, 0.15) is 6.04 Å². The van der Waals surface area contributed by atoms with E-state index in [1.165, 1.54) is 42.8 Å². The Hall–Kier alpha value is -1.04. The third kappa shape index (κ3) is 3.95. The van der Waals surface area contributed by atoms with E-state index in [0.717, 1.165) is 25.2 Å². The molecule has 1 aliphatic heterocycles. The van der Waals surface area contributed by atoms with E-state index in [-0.39, 0.29) is 11.4 Å². The Morgan fingerprint density at radius 2 is 1.88 bits per heavy atom. The van der Waals surface area contributed by atoms with Gasteiger partial charge in [-0.15, -0.1) is 0 Å². The highest BCUT2D eigenvalue weighted by Crippen LogP contribution is 2.36. The largest absolute Gasteiger partial charge is 0.353 e. The van der Waals surface area contributed by atoms with E-state index in [1.807, 2.05) is 43.0 Å². The molecule has 0 aromatic heterocycles. The lowest BCUT2D eigenvalue weighted by atomic mass is 9.94. The average Bonchev–Trinajstić information content (AvgIpc) is 3.11. The summed E-state index contributed by atoms with van der Waals surface area (Å²) < 4.78 is 0. The van der Waals surface area contributed by atoms with Crippen molar-refractivity contribution in [2.24, 2.45) is 5.73 Å². The van der Waals surface area contributed by atoms with Crippen molar-refractivity contribution >= 4 is 17.7 Å². The van der Waals surface area contributed by atoms with E-state index in [1.54, 1.807) is 0 Å². The van der Waals surface area contributed by atoms with Crippen LogP contribution in [-0.2, 0) is 4.79 Å². The number of aryl methyl sites for hydroxylation is 1. The van der Waals surface area contributed by atoms with Crippen LogP contribution in [0.25, 0.3) is 0 Å². The second kappa shape index (κ2) is 7.89. The van der Waals surface area contributed by atoms with Crippen molar-refractivity contribution in [2.45, 2.75) is 44.2 Å². The lowest BCUT2D eigenvalue weighted by Crippen LogP contribution is -2.57. The van der Waals surface area contributed by atoms with Gasteiger partial charge in [0.05, 0.1) is 0 Å². The zero-order valence-electron chi connectivity index (χ0n) is 14.6. The van der Waals surface area contributed by atoms with Crippen LogP contribution in [0.5, 0.6) is 0 Å². The van der Waals surface area contributed by atoms with Crippen molar-refractivity contribution in [1.29, 1.82) is 0 Å². The number of carbonyl (C=O) groups excluding carboxylic acids is 1. The van der Waals surface area contributed by atoms with Gasteiger partial charge in [-0.05, 0) is 25.3 Å². The SMILES string of the molecule is Cc1ccc(C(N)C(=O)NCC2(N3CCSCC3)CCCC2)cc1. The molecule has 0 spiro atoms. The summed E-state index contributed by atoms with van der Waals surface area (Å²) in [5.74, 6) is 2.36. The molecule has 1 atom stereocenters. The van der Waals surface area contributed by atoms with Gasteiger partial charge in [0.15, 0.2) is 0 Å². The van der Waals surface area contributed by atoms with Crippen LogP contribution in [0.4, 0.5) is 0 Å². The van der Waals surface area contributed by atoms with E-state index in [2.05, 4.69) is 10.2 Å². The molecule has 4 nitrogen and oxygen atoms in total. The molecule has 1 unspecified atom stereocenters. The van der Waals surface area contributed by atoms with Gasteiger partial charge >= 0.3 is 0 Å². The maximum atomic E-state index is 12.6. The van der Waals surface area contributed by atoms with E-state index < -0.39 is 6.04 Å². The first-order valence-corrected chi connectivity index (χ1v) is 10.2. The second-order valence-corrected chi connectivity index (χ2v) is 8.36. The quantitative estimate of drug-likeness (QED) is 0.859. The highest BCUT2D eigenvalue weighted by molar-refractivity contribution is 7.99. The first kappa shape index (κ1) is 17.8. The van der Waals surface area contributed by atoms with E-state index in [9.17, 15) is 4.79 Å². The predicted molar refractivity (Wildman–Crippen MR) is 101 cm³/mol. The molecule has 1 heterocycles. The summed E-state index contributed by atoms with van der Waals surface area (Å²) in [4.78, 5) is 15.2. The molecule has 1 saturated carbocycles. The van der Waals surface area contributed by atoms with E-state index >= 15 is 0 Å². The van der Waals surface area contributed by atoms with Crippen LogP contribution in [0.3, 0.4) is 0 Å². The molecule has 1 aromatic carbocycles. The summed E-state index contributed by atoms with van der Waals surface area (Å²) in [5.41, 5.74) is 8.38. The highest BCUT2D eigenvalue weighted by Gasteiger charge is 2.40. The third-order valence-corrected chi connectivity index (χ3v) is 6.47. The van der Waals surface area contributed by atoms with Crippen molar-refractivity contribution < 1.29 is 4.79 Å². The number of nitrogens with one attached hydrogen (secondary N) is 1. The molecule has 1 aromatic rings. The number of carbonyl (C=O) groups is 1. The number of nitrogens with zero attached hydrogens (tertiary/aromatic N) is 1. The van der Waals surface area contributed by atoms with Gasteiger partial charge in [-0.1, -0.05) is 42.7 Å². The maximum Gasteiger partial charge on any atom is 0.241 e. The zero-order valence-corrected chi connectivity index (χ0v) is 15.4. The molecule has 0 radical (unpaired) electrons. The number of hydrogen-bond acceptors (Lipinski definition) is 4. The van der Waals surface area contributed by atoms with Crippen LogP contribution in [0.2, 0.25) is 0 Å². The van der Waals surface area contributed by atoms with Gasteiger partial charge in [-0.25, -0.2) is 0 Å². The second-order valence-electron chi connectivity index (χ2n) is 7.14. The molecule has 1 saturated heterocycles. The number of amides is 1. The summed E-state index contributed by atoms with van der Waals surface area (Å²) >= 11 is 2.03. The van der Waals surface area contributed by atoms with Crippen molar-refractivity contribution in [3.8, 4) is 0 Å². The fraction of sp³-hybridized carbons (Fsp3) is 0.632. The summed E-state index contributed by atoms with van der Waals surface area (Å²) in [7, 11) is 0. The maximum absolute atomic E-state index is 12.6. The van der Waals surface area contributed by atoms with Crippen LogP contribution in [0.1, 0.15) is 42.9 Å². The Morgan fingerprint density at radius 1 is 1.25 bits per heavy atom. The minimum Gasteiger partial charge on any atom is -0.353 e. The number of hydrogen-bond donors (Lipinski definition) is 2. The van der Waals surface area contributed by atoms with Gasteiger partial charge in [0, 0.05) is 36.7 Å². The van der Waals surface area contributed by atoms with Crippen LogP contribution >= 0.6 is 11.8 Å². The molecule has 1 aliphatic carbocycles. The summed E-state index contributed by atoms with van der Waals surface area (Å²) in [6, 6.07) is 7.33. The Bertz CT molecular complexity index is 548. The molecular weight excluding hydrogens is 318 g/mol. The molecule has 5 heteroatoms. The topological polar surface area (TPSA) is 58.4 Å². The Labute approximate surface area is 149 Å². The minimum absolute atomic E-state index is 0.0588. The van der Waals surface area contributed by atoms with Gasteiger partial charge < -0.3 is 11.1 Å². The van der Waals surface area contributed by atoms with Gasteiger partial charge in [-0.2, -0.15) is 11.8 Å². The summed E-state index contributed by atoms with van der Waals surface area (Å²) in [6.45, 7) is 5.06. The Balaban J connectivity index is 1.61. The van der Waals surface area contributed by atoms with Crippen molar-refractivity contribution in [3.05, 3.63) is 35.4 Å². The molecular formula is C19H29N3OS. The van der Waals surface area contributed by atoms with Crippen molar-refractivity contribution in [2.75, 3.05) is 31.1 Å². The van der Waals surface area contributed by atoms with Crippen LogP contribution in [-0.4, -0.2) is 47.5 Å². The average molecular weight is 348 g/mol. The fourth-order valence-electron chi connectivity index (χ4n) is 3.96. The fourth-order valence-corrected chi connectivity index (χ4v) is 4.87. The lowest BCUT2D eigenvalue weighted by Gasteiger charge is -2.43. The van der Waals surface area contributed by atoms with E-state index in [0.29, 0.717) is 0 Å². The molecule has 2 aliphatic rings. The minimum atomic E-state index is -0.582. The molecule has 1 amide bonds. The van der Waals surface area contributed by atoms with Gasteiger partial charge in [-0.3, -0.25) is 9.69 Å². The normalized spacial score (nSPS) is 22.2. The standard InChI is InChI=1S/C19H29N3OS/c1-15-4-6-16(7-5-15)17(20)18(23)21-14-19(8-2-3-9-19)22-10-12-24-13-11-22/h4-7,17H,2-3,8-14,20H2,1H3,(H,21,23). The van der Waals surface area contributed by atoms with E-state index in [4.69, 9.17) is 5.73 Å². The molecule has 3 rings (SSSR count). The first-order valence-electron chi connectivity index (χ1n) is 9.03. The molecule has 2 fully saturated rings. The Morgan fingerprint density at radius 3 is 2.50 bits per heavy atom. The van der Waals surface area contributed by atoms with Crippen molar-refractivity contribution in [1.82, 2.24) is 10.2 Å². The third-order valence-electron chi connectivity index (χ3n) is 5.53. The van der Waals surface area contributed by atoms with Crippen molar-refractivity contribution in [3.63, 3.8) is 0 Å². The molecule has 24 heavy (non-hydrogen) atoms. The van der Waals surface area contributed by atoms with Crippen LogP contribution in [0.15, 0.2) is 24.3 Å². The predicted octanol–water partition coefficient (Wildman–Crippen LogP) is 2.47. The first-order chi connectivity index (χ1) is 11.6. The number of rotatable bonds is 5. The van der Waals surface area contributed by atoms with Gasteiger partial charge in [0.2, 0.25) is 5.91 Å². The van der Waals surface area contributed by atoms with Crippen LogP contribution < -0.4 is 11.1 Å². The monoisotopic (exact) mass is 347 g/mol. The van der Waals surface area contributed by atoms with Gasteiger partial charge in [0.25, 0.3) is 0 Å². The number of thioether (sulfide) groups is 1. The zero-order chi connectivity index (χ0) is 17.0. The Kier molecular flexibility index (Phi) is 5.85. The smallest absolute Gasteiger partial charge is 0.241 e. The molecule has 0 bridgehead atoms. The molecule has 132 valence electrons. The summed E-state index contributed by atoms with van der Waals surface area (Å²) in [6.07, 6.45) is 4.92. The highest BCUT2D eigenvalue weighted by atomic mass is 32.2.